The van der Waals surface area contributed by atoms with Gasteiger partial charge in [-0.2, -0.15) is 0 Å². The van der Waals surface area contributed by atoms with Crippen molar-refractivity contribution in [3.05, 3.63) is 40.5 Å². The van der Waals surface area contributed by atoms with Gasteiger partial charge in [0.1, 0.15) is 10.6 Å². The molecule has 0 saturated carbocycles. The molecule has 0 unspecified atom stereocenters. The summed E-state index contributed by atoms with van der Waals surface area (Å²) in [5, 5.41) is 3.67. The molecule has 0 radical (unpaired) electrons. The molecule has 1 aliphatic heterocycles. The van der Waals surface area contributed by atoms with Gasteiger partial charge in [-0.05, 0) is 45.7 Å². The minimum atomic E-state index is 0.662. The topological polar surface area (TPSA) is 50.1 Å². The van der Waals surface area contributed by atoms with E-state index < -0.39 is 0 Å². The minimum Gasteiger partial charge on any atom is -0.370 e. The van der Waals surface area contributed by atoms with E-state index in [1.807, 2.05) is 25.3 Å². The van der Waals surface area contributed by atoms with Crippen LogP contribution in [-0.2, 0) is 11.4 Å². The highest BCUT2D eigenvalue weighted by atomic mass is 79.9. The lowest BCUT2D eigenvalue weighted by Gasteiger charge is -2.14. The first-order chi connectivity index (χ1) is 9.28. The maximum absolute atomic E-state index is 5.21. The smallest absolute Gasteiger partial charge is 0.153 e. The largest absolute Gasteiger partial charge is 0.370 e. The molecular weight excluding hydrogens is 308 g/mol. The maximum Gasteiger partial charge on any atom is 0.153 e. The number of hydrogen-bond donors (Lipinski definition) is 0. The van der Waals surface area contributed by atoms with Crippen molar-refractivity contribution in [3.8, 4) is 0 Å². The molecule has 100 valence electrons. The van der Waals surface area contributed by atoms with Gasteiger partial charge in [0.25, 0.3) is 0 Å². The summed E-state index contributed by atoms with van der Waals surface area (Å²) in [6.45, 7) is 4.34. The van der Waals surface area contributed by atoms with Crippen LogP contribution in [0, 0.1) is 0 Å². The van der Waals surface area contributed by atoms with Gasteiger partial charge in [-0.1, -0.05) is 0 Å². The Hall–Kier alpha value is -1.65. The Bertz CT molecular complexity index is 523. The molecule has 1 aromatic rings. The first kappa shape index (κ1) is 13.8. The number of hydrogen-bond acceptors (Lipinski definition) is 5. The number of rotatable bonds is 5. The fourth-order valence-electron chi connectivity index (χ4n) is 1.73. The molecule has 2 heterocycles. The number of halogens is 1. The second-order valence-electron chi connectivity index (χ2n) is 4.06. The van der Waals surface area contributed by atoms with E-state index in [0.29, 0.717) is 6.54 Å². The van der Waals surface area contributed by atoms with E-state index in [-0.39, 0.29) is 0 Å². The summed E-state index contributed by atoms with van der Waals surface area (Å²) >= 11 is 3.37. The van der Waals surface area contributed by atoms with Crippen molar-refractivity contribution < 1.29 is 4.84 Å². The molecule has 0 aromatic carbocycles. The van der Waals surface area contributed by atoms with Gasteiger partial charge in [0.05, 0.1) is 0 Å². The highest BCUT2D eigenvalue weighted by Crippen LogP contribution is 2.19. The van der Waals surface area contributed by atoms with Gasteiger partial charge in [0.15, 0.2) is 5.76 Å². The molecule has 0 N–H and O–H groups in total. The highest BCUT2D eigenvalue weighted by molar-refractivity contribution is 9.10. The van der Waals surface area contributed by atoms with Crippen molar-refractivity contribution in [2.24, 2.45) is 10.1 Å². The van der Waals surface area contributed by atoms with Crippen LogP contribution in [-0.4, -0.2) is 29.0 Å². The number of pyridine rings is 1. The van der Waals surface area contributed by atoms with E-state index in [1.165, 1.54) is 5.56 Å². The lowest BCUT2D eigenvalue weighted by atomic mass is 10.2. The Labute approximate surface area is 120 Å². The molecule has 1 aliphatic rings. The fourth-order valence-corrected chi connectivity index (χ4v) is 2.15. The Kier molecular flexibility index (Phi) is 5.12. The van der Waals surface area contributed by atoms with E-state index >= 15 is 0 Å². The third-order valence-corrected chi connectivity index (χ3v) is 3.01. The third kappa shape index (κ3) is 4.50. The maximum atomic E-state index is 5.21. The molecule has 0 atom stereocenters. The second kappa shape index (κ2) is 7.07. The van der Waals surface area contributed by atoms with Crippen LogP contribution in [0.15, 0.2) is 45.0 Å². The average Bonchev–Trinajstić information content (AvgIpc) is 2.82. The zero-order chi connectivity index (χ0) is 13.5. The normalized spacial score (nSPS) is 13.8. The summed E-state index contributed by atoms with van der Waals surface area (Å²) in [5.74, 6) is 0.840. The molecule has 2 rings (SSSR count). The Morgan fingerprint density at radius 1 is 1.58 bits per heavy atom. The van der Waals surface area contributed by atoms with Crippen LogP contribution >= 0.6 is 15.9 Å². The summed E-state index contributed by atoms with van der Waals surface area (Å²) in [6.07, 6.45) is 4.62. The quantitative estimate of drug-likeness (QED) is 0.475. The molecule has 19 heavy (non-hydrogen) atoms. The molecule has 0 spiro atoms. The van der Waals surface area contributed by atoms with E-state index in [2.05, 4.69) is 42.0 Å². The highest BCUT2D eigenvalue weighted by Gasteiger charge is 2.14. The van der Waals surface area contributed by atoms with Crippen molar-refractivity contribution in [1.29, 1.82) is 0 Å². The SMILES string of the molecule is CCN=C=NOC1=CN(Cc2ccnc(Br)c2)CC1. The van der Waals surface area contributed by atoms with Crippen LogP contribution in [0.4, 0.5) is 0 Å². The first-order valence-electron chi connectivity index (χ1n) is 6.11. The number of aromatic nitrogens is 1. The summed E-state index contributed by atoms with van der Waals surface area (Å²) < 4.78 is 0.852. The summed E-state index contributed by atoms with van der Waals surface area (Å²) in [6, 6.07) is 6.50. The molecule has 0 fully saturated rings. The van der Waals surface area contributed by atoms with Crippen molar-refractivity contribution in [2.75, 3.05) is 13.1 Å². The van der Waals surface area contributed by atoms with Gasteiger partial charge in [0.2, 0.25) is 0 Å². The summed E-state index contributed by atoms with van der Waals surface area (Å²) in [5.41, 5.74) is 1.20. The van der Waals surface area contributed by atoms with Gasteiger partial charge in [0, 0.05) is 38.5 Å². The number of nitrogens with zero attached hydrogens (tertiary/aromatic N) is 4. The minimum absolute atomic E-state index is 0.662. The van der Waals surface area contributed by atoms with Crippen molar-refractivity contribution >= 4 is 21.9 Å². The predicted molar refractivity (Wildman–Crippen MR) is 76.5 cm³/mol. The molecule has 0 saturated heterocycles. The Morgan fingerprint density at radius 3 is 3.26 bits per heavy atom. The molecule has 0 amide bonds. The van der Waals surface area contributed by atoms with Crippen LogP contribution in [0.5, 0.6) is 0 Å². The van der Waals surface area contributed by atoms with Crippen LogP contribution in [0.3, 0.4) is 0 Å². The van der Waals surface area contributed by atoms with Crippen molar-refractivity contribution in [1.82, 2.24) is 9.88 Å². The lowest BCUT2D eigenvalue weighted by Crippen LogP contribution is -2.13. The number of aliphatic imine (C=N–C) groups is 1. The molecular formula is C13H15BrN4O. The van der Waals surface area contributed by atoms with Crippen LogP contribution in [0.1, 0.15) is 18.9 Å². The average molecular weight is 323 g/mol. The van der Waals surface area contributed by atoms with Gasteiger partial charge in [-0.15, -0.1) is 0 Å². The molecule has 0 bridgehead atoms. The van der Waals surface area contributed by atoms with Crippen LogP contribution < -0.4 is 0 Å². The van der Waals surface area contributed by atoms with E-state index in [9.17, 15) is 0 Å². The molecule has 5 nitrogen and oxygen atoms in total. The fraction of sp³-hybridized carbons (Fsp3) is 0.385. The van der Waals surface area contributed by atoms with Crippen molar-refractivity contribution in [3.63, 3.8) is 0 Å². The van der Waals surface area contributed by atoms with Gasteiger partial charge < -0.3 is 9.74 Å². The zero-order valence-electron chi connectivity index (χ0n) is 10.7. The Morgan fingerprint density at radius 2 is 2.47 bits per heavy atom. The van der Waals surface area contributed by atoms with Crippen LogP contribution in [0.25, 0.3) is 0 Å². The van der Waals surface area contributed by atoms with E-state index in [1.54, 1.807) is 6.20 Å². The zero-order valence-corrected chi connectivity index (χ0v) is 12.3. The third-order valence-electron chi connectivity index (χ3n) is 2.58. The molecule has 6 heteroatoms. The second-order valence-corrected chi connectivity index (χ2v) is 4.87. The molecule has 1 aromatic heterocycles. The van der Waals surface area contributed by atoms with E-state index in [0.717, 1.165) is 29.9 Å². The standard InChI is InChI=1S/C13H15BrN4O/c1-2-15-10-17-19-12-4-6-18(9-12)8-11-3-5-16-13(14)7-11/h3,5,7,9H,2,4,6,8H2,1H3. The molecule has 0 aliphatic carbocycles. The predicted octanol–water partition coefficient (Wildman–Crippen LogP) is 3.02. The monoisotopic (exact) mass is 322 g/mol. The van der Waals surface area contributed by atoms with Gasteiger partial charge in [-0.3, -0.25) is 0 Å². The summed E-state index contributed by atoms with van der Waals surface area (Å²) in [4.78, 5) is 15.3. The first-order valence-corrected chi connectivity index (χ1v) is 6.91. The van der Waals surface area contributed by atoms with Crippen molar-refractivity contribution in [2.45, 2.75) is 19.9 Å². The van der Waals surface area contributed by atoms with Gasteiger partial charge in [-0.25, -0.2) is 9.98 Å². The van der Waals surface area contributed by atoms with Crippen LogP contribution in [0.2, 0.25) is 0 Å². The van der Waals surface area contributed by atoms with E-state index in [4.69, 9.17) is 4.84 Å². The summed E-state index contributed by atoms with van der Waals surface area (Å²) in [7, 11) is 0. The Balaban J connectivity index is 1.90. The lowest BCUT2D eigenvalue weighted by molar-refractivity contribution is 0.224. The van der Waals surface area contributed by atoms with Gasteiger partial charge >= 0.3 is 0 Å².